The second-order valence-electron chi connectivity index (χ2n) is 9.39. The molecule has 0 radical (unpaired) electrons. The Bertz CT molecular complexity index is 1420. The lowest BCUT2D eigenvalue weighted by Gasteiger charge is -2.28. The minimum Gasteiger partial charge on any atom is -0.507 e. The minimum atomic E-state index is -4.02. The van der Waals surface area contributed by atoms with Gasteiger partial charge in [0.05, 0.1) is 24.9 Å². The first-order valence-electron chi connectivity index (χ1n) is 12.2. The van der Waals surface area contributed by atoms with Crippen LogP contribution in [0.25, 0.3) is 0 Å². The van der Waals surface area contributed by atoms with E-state index in [1.54, 1.807) is 45.2 Å². The number of nitrogen functional groups attached to an aromatic ring is 1. The number of sulfonamides is 1. The zero-order chi connectivity index (χ0) is 28.2. The Morgan fingerprint density at radius 1 is 1.11 bits per heavy atom. The quantitative estimate of drug-likeness (QED) is 0.259. The minimum absolute atomic E-state index is 0.0396. The van der Waals surface area contributed by atoms with Crippen LogP contribution in [0.5, 0.6) is 11.5 Å². The Morgan fingerprint density at radius 3 is 2.37 bits per heavy atom. The van der Waals surface area contributed by atoms with E-state index in [0.717, 1.165) is 11.1 Å². The van der Waals surface area contributed by atoms with Gasteiger partial charge < -0.3 is 26.0 Å². The number of carbonyl (C=O) groups is 1. The Kier molecular flexibility index (Phi) is 8.90. The summed E-state index contributed by atoms with van der Waals surface area (Å²) in [6.07, 6.45) is -0.200. The molecular weight excluding hydrogens is 506 g/mol. The summed E-state index contributed by atoms with van der Waals surface area (Å²) in [5, 5.41) is 23.0. The van der Waals surface area contributed by atoms with Crippen LogP contribution in [0.4, 0.5) is 11.4 Å². The van der Waals surface area contributed by atoms with Crippen LogP contribution in [0.3, 0.4) is 0 Å². The second kappa shape index (κ2) is 11.7. The molecular formula is C28H35N3O6S. The highest BCUT2D eigenvalue weighted by Gasteiger charge is 2.30. The van der Waals surface area contributed by atoms with E-state index in [0.29, 0.717) is 28.3 Å². The van der Waals surface area contributed by atoms with Gasteiger partial charge in [0.15, 0.2) is 0 Å². The van der Waals surface area contributed by atoms with E-state index in [1.807, 2.05) is 25.1 Å². The number of para-hydroxylation sites is 1. The van der Waals surface area contributed by atoms with E-state index < -0.39 is 28.0 Å². The van der Waals surface area contributed by atoms with Crippen LogP contribution in [0, 0.1) is 6.92 Å². The molecule has 0 saturated carbocycles. The molecule has 0 aromatic heterocycles. The van der Waals surface area contributed by atoms with Gasteiger partial charge in [-0.2, -0.15) is 4.31 Å². The number of aryl methyl sites for hydroxylation is 1. The highest BCUT2D eigenvalue weighted by atomic mass is 32.2. The van der Waals surface area contributed by atoms with E-state index in [9.17, 15) is 23.4 Å². The van der Waals surface area contributed by atoms with Crippen molar-refractivity contribution in [3.63, 3.8) is 0 Å². The number of rotatable bonds is 11. The van der Waals surface area contributed by atoms with Crippen molar-refractivity contribution in [2.75, 3.05) is 25.2 Å². The van der Waals surface area contributed by atoms with Crippen LogP contribution in [0.15, 0.2) is 59.5 Å². The summed E-state index contributed by atoms with van der Waals surface area (Å²) in [6, 6.07) is 14.5. The number of carboxylic acid groups (broad SMARTS) is 1. The zero-order valence-electron chi connectivity index (χ0n) is 22.2. The van der Waals surface area contributed by atoms with Crippen LogP contribution in [0.2, 0.25) is 0 Å². The van der Waals surface area contributed by atoms with E-state index in [4.69, 9.17) is 10.5 Å². The number of phenols is 1. The summed E-state index contributed by atoms with van der Waals surface area (Å²) in [4.78, 5) is 11.7. The molecule has 0 heterocycles. The maximum absolute atomic E-state index is 13.5. The van der Waals surface area contributed by atoms with Gasteiger partial charge in [-0.05, 0) is 67.3 Å². The topological polar surface area (TPSA) is 142 Å². The summed E-state index contributed by atoms with van der Waals surface area (Å²) in [5.41, 5.74) is 10.2. The van der Waals surface area contributed by atoms with Gasteiger partial charge in [-0.1, -0.05) is 30.3 Å². The van der Waals surface area contributed by atoms with Crippen molar-refractivity contribution < 1.29 is 28.2 Å². The fourth-order valence-electron chi connectivity index (χ4n) is 4.48. The molecule has 1 unspecified atom stereocenters. The predicted molar refractivity (Wildman–Crippen MR) is 148 cm³/mol. The molecule has 38 heavy (non-hydrogen) atoms. The maximum Gasteiger partial charge on any atom is 0.304 e. The Hall–Kier alpha value is -3.76. The smallest absolute Gasteiger partial charge is 0.304 e. The normalized spacial score (nSPS) is 12.5. The molecule has 0 saturated heterocycles. The SMILES string of the molecule is CNc1c(N)cc(C(CC(=O)O)c2ccc(C)c(CN(C(C)C)S(=O)(=O)c3ccccc3O)c2)cc1OC. The van der Waals surface area contributed by atoms with Gasteiger partial charge in [0.1, 0.15) is 16.4 Å². The number of aliphatic carboxylic acids is 1. The zero-order valence-corrected chi connectivity index (χ0v) is 23.0. The van der Waals surface area contributed by atoms with Crippen molar-refractivity contribution in [1.82, 2.24) is 4.31 Å². The maximum atomic E-state index is 13.5. The van der Waals surface area contributed by atoms with Gasteiger partial charge in [-0.3, -0.25) is 4.79 Å². The number of hydrogen-bond donors (Lipinski definition) is 4. The van der Waals surface area contributed by atoms with Gasteiger partial charge in [0.25, 0.3) is 0 Å². The van der Waals surface area contributed by atoms with Gasteiger partial charge >= 0.3 is 5.97 Å². The molecule has 3 rings (SSSR count). The molecule has 0 fully saturated rings. The number of ether oxygens (including phenoxy) is 1. The largest absolute Gasteiger partial charge is 0.507 e. The molecule has 0 aliphatic rings. The molecule has 5 N–H and O–H groups in total. The van der Waals surface area contributed by atoms with Crippen LogP contribution in [-0.4, -0.2) is 49.1 Å². The monoisotopic (exact) mass is 541 g/mol. The van der Waals surface area contributed by atoms with Crippen molar-refractivity contribution in [2.24, 2.45) is 0 Å². The molecule has 3 aromatic carbocycles. The number of nitrogens with zero attached hydrogens (tertiary/aromatic N) is 1. The number of hydrogen-bond acceptors (Lipinski definition) is 7. The summed E-state index contributed by atoms with van der Waals surface area (Å²) < 4.78 is 33.8. The second-order valence-corrected chi connectivity index (χ2v) is 11.2. The highest BCUT2D eigenvalue weighted by Crippen LogP contribution is 2.38. The fourth-order valence-corrected chi connectivity index (χ4v) is 6.18. The lowest BCUT2D eigenvalue weighted by atomic mass is 9.86. The van der Waals surface area contributed by atoms with Crippen molar-refractivity contribution >= 4 is 27.4 Å². The molecule has 1 atom stereocenters. The van der Waals surface area contributed by atoms with E-state index in [1.165, 1.54) is 23.5 Å². The van der Waals surface area contributed by atoms with Crippen LogP contribution in [0.1, 0.15) is 48.4 Å². The third-order valence-electron chi connectivity index (χ3n) is 6.54. The Balaban J connectivity index is 2.09. The standard InChI is InChI=1S/C28H35N3O6S/c1-17(2)31(38(35,36)26-9-7-6-8-24(26)32)16-21-12-19(11-10-18(21)3)22(15-27(33)34)20-13-23(29)28(30-4)25(14-20)37-5/h6-14,17,22,30,32H,15-16,29H2,1-5H3,(H,33,34). The Morgan fingerprint density at radius 2 is 1.79 bits per heavy atom. The lowest BCUT2D eigenvalue weighted by Crippen LogP contribution is -2.36. The number of aromatic hydroxyl groups is 1. The van der Waals surface area contributed by atoms with Crippen LogP contribution in [-0.2, 0) is 21.4 Å². The number of carboxylic acids is 1. The first-order chi connectivity index (χ1) is 17.9. The lowest BCUT2D eigenvalue weighted by molar-refractivity contribution is -0.137. The first-order valence-corrected chi connectivity index (χ1v) is 13.6. The van der Waals surface area contributed by atoms with Crippen molar-refractivity contribution in [3.05, 3.63) is 76.9 Å². The van der Waals surface area contributed by atoms with Gasteiger partial charge in [-0.15, -0.1) is 0 Å². The third-order valence-corrected chi connectivity index (χ3v) is 8.60. The Labute approximate surface area is 223 Å². The summed E-state index contributed by atoms with van der Waals surface area (Å²) in [6.45, 7) is 5.45. The number of methoxy groups -OCH3 is 1. The van der Waals surface area contributed by atoms with Crippen LogP contribution < -0.4 is 15.8 Å². The summed E-state index contributed by atoms with van der Waals surface area (Å²) >= 11 is 0. The molecule has 204 valence electrons. The predicted octanol–water partition coefficient (Wildman–Crippen LogP) is 4.54. The van der Waals surface area contributed by atoms with Gasteiger partial charge in [0, 0.05) is 25.6 Å². The molecule has 10 heteroatoms. The average Bonchev–Trinajstić information content (AvgIpc) is 2.86. The third kappa shape index (κ3) is 6.03. The van der Waals surface area contributed by atoms with E-state index >= 15 is 0 Å². The molecule has 0 amide bonds. The molecule has 9 nitrogen and oxygen atoms in total. The molecule has 0 spiro atoms. The fraction of sp³-hybridized carbons (Fsp3) is 0.321. The molecule has 0 aliphatic heterocycles. The molecule has 0 aliphatic carbocycles. The number of nitrogens with two attached hydrogens (primary N) is 1. The molecule has 3 aromatic rings. The van der Waals surface area contributed by atoms with Gasteiger partial charge in [-0.25, -0.2) is 8.42 Å². The number of anilines is 2. The van der Waals surface area contributed by atoms with Crippen molar-refractivity contribution in [1.29, 1.82) is 0 Å². The van der Waals surface area contributed by atoms with Crippen molar-refractivity contribution in [2.45, 2.75) is 50.6 Å². The highest BCUT2D eigenvalue weighted by molar-refractivity contribution is 7.89. The van der Waals surface area contributed by atoms with E-state index in [-0.39, 0.29) is 23.6 Å². The average molecular weight is 542 g/mol. The number of phenolic OH excluding ortho intramolecular Hbond substituents is 1. The summed E-state index contributed by atoms with van der Waals surface area (Å²) in [7, 11) is -0.788. The summed E-state index contributed by atoms with van der Waals surface area (Å²) in [5.74, 6) is -1.37. The van der Waals surface area contributed by atoms with Crippen molar-refractivity contribution in [3.8, 4) is 11.5 Å². The van der Waals surface area contributed by atoms with Crippen LogP contribution >= 0.6 is 0 Å². The molecule has 0 bridgehead atoms. The van der Waals surface area contributed by atoms with E-state index in [2.05, 4.69) is 5.32 Å². The van der Waals surface area contributed by atoms with Gasteiger partial charge in [0.2, 0.25) is 10.0 Å². The first kappa shape index (κ1) is 28.8. The number of benzene rings is 3. The number of nitrogens with one attached hydrogen (secondary N) is 1.